The lowest BCUT2D eigenvalue weighted by Gasteiger charge is -2.35. The first-order valence-electron chi connectivity index (χ1n) is 10.0. The summed E-state index contributed by atoms with van der Waals surface area (Å²) in [6, 6.07) is 10.2. The molecule has 0 unspecified atom stereocenters. The molecule has 160 valence electrons. The van der Waals surface area contributed by atoms with E-state index < -0.39 is 23.5 Å². The van der Waals surface area contributed by atoms with Gasteiger partial charge in [0.15, 0.2) is 5.78 Å². The molecular weight excluding hydrogens is 402 g/mol. The average molecular weight is 424 g/mol. The summed E-state index contributed by atoms with van der Waals surface area (Å²) in [5, 5.41) is 5.74. The number of para-hydroxylation sites is 1. The fraction of sp³-hybridized carbons (Fsp3) is 0.250. The summed E-state index contributed by atoms with van der Waals surface area (Å²) in [5.74, 6) is -2.33. The molecule has 7 heteroatoms. The van der Waals surface area contributed by atoms with Crippen molar-refractivity contribution in [1.82, 2.24) is 5.32 Å². The minimum Gasteiger partial charge on any atom is -0.496 e. The first kappa shape index (κ1) is 20.8. The van der Waals surface area contributed by atoms with Gasteiger partial charge < -0.3 is 15.4 Å². The molecule has 0 aromatic heterocycles. The number of hydrogen-bond acceptors (Lipinski definition) is 4. The molecule has 2 aromatic rings. The number of halogens is 2. The molecule has 0 saturated heterocycles. The second-order valence-electron chi connectivity index (χ2n) is 7.59. The third-order valence-electron chi connectivity index (χ3n) is 5.65. The van der Waals surface area contributed by atoms with Crippen molar-refractivity contribution in [3.8, 4) is 5.75 Å². The number of carbonyl (C=O) groups excluding carboxylic acids is 2. The maximum atomic E-state index is 14.2. The number of amides is 1. The average Bonchev–Trinajstić information content (AvgIpc) is 2.74. The quantitative estimate of drug-likeness (QED) is 0.754. The zero-order chi connectivity index (χ0) is 22.1. The Balaban J connectivity index is 1.82. The highest BCUT2D eigenvalue weighted by molar-refractivity contribution is 6.10. The van der Waals surface area contributed by atoms with Gasteiger partial charge in [-0.25, -0.2) is 8.78 Å². The molecule has 1 aliphatic carbocycles. The fourth-order valence-corrected chi connectivity index (χ4v) is 4.28. The van der Waals surface area contributed by atoms with E-state index in [0.29, 0.717) is 47.1 Å². The Kier molecular flexibility index (Phi) is 5.59. The van der Waals surface area contributed by atoms with Crippen LogP contribution in [0, 0.1) is 11.6 Å². The lowest BCUT2D eigenvalue weighted by molar-refractivity contribution is -0.116. The highest BCUT2D eigenvalue weighted by Crippen LogP contribution is 2.45. The van der Waals surface area contributed by atoms with Gasteiger partial charge in [-0.15, -0.1) is 0 Å². The van der Waals surface area contributed by atoms with Crippen molar-refractivity contribution in [2.75, 3.05) is 12.4 Å². The van der Waals surface area contributed by atoms with Crippen LogP contribution < -0.4 is 15.4 Å². The van der Waals surface area contributed by atoms with Gasteiger partial charge in [0.25, 0.3) is 5.91 Å². The van der Waals surface area contributed by atoms with Gasteiger partial charge in [0.1, 0.15) is 17.4 Å². The summed E-state index contributed by atoms with van der Waals surface area (Å²) in [7, 11) is 1.53. The number of dihydropyridines is 1. The van der Waals surface area contributed by atoms with Gasteiger partial charge in [-0.05, 0) is 38.0 Å². The van der Waals surface area contributed by atoms with Crippen LogP contribution in [0.25, 0.3) is 0 Å². The Morgan fingerprint density at radius 2 is 1.94 bits per heavy atom. The zero-order valence-corrected chi connectivity index (χ0v) is 17.2. The van der Waals surface area contributed by atoms with Crippen molar-refractivity contribution in [2.45, 2.75) is 32.1 Å². The number of hydrogen-bond donors (Lipinski definition) is 2. The van der Waals surface area contributed by atoms with Crippen LogP contribution in [-0.2, 0) is 9.59 Å². The van der Waals surface area contributed by atoms with Gasteiger partial charge in [-0.2, -0.15) is 0 Å². The van der Waals surface area contributed by atoms with E-state index >= 15 is 0 Å². The van der Waals surface area contributed by atoms with Gasteiger partial charge in [0.05, 0.1) is 18.7 Å². The van der Waals surface area contributed by atoms with Crippen LogP contribution in [0.2, 0.25) is 0 Å². The molecule has 2 aliphatic rings. The Morgan fingerprint density at radius 1 is 1.16 bits per heavy atom. The van der Waals surface area contributed by atoms with E-state index in [2.05, 4.69) is 10.6 Å². The van der Waals surface area contributed by atoms with Crippen LogP contribution in [0.15, 0.2) is 65.0 Å². The van der Waals surface area contributed by atoms with Crippen molar-refractivity contribution in [3.63, 3.8) is 0 Å². The maximum Gasteiger partial charge on any atom is 0.254 e. The normalized spacial score (nSPS) is 18.5. The zero-order valence-electron chi connectivity index (χ0n) is 17.2. The Bertz CT molecular complexity index is 1140. The molecule has 1 amide bonds. The molecule has 0 bridgehead atoms. The minimum absolute atomic E-state index is 0.0320. The fourth-order valence-electron chi connectivity index (χ4n) is 4.28. The van der Waals surface area contributed by atoms with Crippen LogP contribution >= 0.6 is 0 Å². The Morgan fingerprint density at radius 3 is 2.68 bits per heavy atom. The minimum atomic E-state index is -0.877. The van der Waals surface area contributed by atoms with Crippen LogP contribution in [0.4, 0.5) is 14.5 Å². The van der Waals surface area contributed by atoms with E-state index in [1.54, 1.807) is 13.0 Å². The summed E-state index contributed by atoms with van der Waals surface area (Å²) < 4.78 is 33.0. The van der Waals surface area contributed by atoms with Crippen molar-refractivity contribution in [1.29, 1.82) is 0 Å². The van der Waals surface area contributed by atoms with E-state index in [1.807, 2.05) is 18.2 Å². The smallest absolute Gasteiger partial charge is 0.254 e. The van der Waals surface area contributed by atoms with Gasteiger partial charge in [-0.3, -0.25) is 9.59 Å². The number of rotatable bonds is 4. The Labute approximate surface area is 178 Å². The number of nitrogens with one attached hydrogen (secondary N) is 2. The molecule has 0 fully saturated rings. The van der Waals surface area contributed by atoms with Gasteiger partial charge in [0, 0.05) is 40.6 Å². The number of methoxy groups -OCH3 is 1. The number of benzene rings is 2. The first-order valence-corrected chi connectivity index (χ1v) is 10.0. The molecule has 0 spiro atoms. The number of Topliss-reactive ketones (excluding diaryl/α,β-unsaturated/α-hetero) is 1. The van der Waals surface area contributed by atoms with Gasteiger partial charge in [-0.1, -0.05) is 18.2 Å². The summed E-state index contributed by atoms with van der Waals surface area (Å²) >= 11 is 0. The number of ether oxygens (including phenoxy) is 1. The van der Waals surface area contributed by atoms with E-state index in [4.69, 9.17) is 4.74 Å². The molecular formula is C24H22F2N2O3. The van der Waals surface area contributed by atoms with Crippen molar-refractivity contribution in [3.05, 3.63) is 82.2 Å². The number of anilines is 1. The van der Waals surface area contributed by atoms with Crippen LogP contribution in [0.1, 0.15) is 37.7 Å². The second kappa shape index (κ2) is 8.34. The van der Waals surface area contributed by atoms with Crippen molar-refractivity contribution >= 4 is 17.4 Å². The molecule has 2 aromatic carbocycles. The van der Waals surface area contributed by atoms with E-state index in [1.165, 1.54) is 13.2 Å². The lowest BCUT2D eigenvalue weighted by Crippen LogP contribution is -2.35. The molecule has 1 atom stereocenters. The third kappa shape index (κ3) is 3.83. The van der Waals surface area contributed by atoms with Crippen molar-refractivity contribution < 1.29 is 23.1 Å². The van der Waals surface area contributed by atoms with E-state index in [9.17, 15) is 18.4 Å². The predicted molar refractivity (Wildman–Crippen MR) is 112 cm³/mol. The number of carbonyl (C=O) groups is 2. The molecule has 2 N–H and O–H groups in total. The lowest BCUT2D eigenvalue weighted by atomic mass is 9.74. The number of ketones is 1. The highest BCUT2D eigenvalue weighted by atomic mass is 19.1. The SMILES string of the molecule is COc1ccccc1[C@@H]1C(C(=O)Nc2ccc(F)cc2F)=C(C)NC2=C1C(=O)CCC2. The molecule has 4 rings (SSSR count). The van der Waals surface area contributed by atoms with Gasteiger partial charge >= 0.3 is 0 Å². The monoisotopic (exact) mass is 424 g/mol. The van der Waals surface area contributed by atoms with Crippen LogP contribution in [0.3, 0.4) is 0 Å². The summed E-state index contributed by atoms with van der Waals surface area (Å²) in [4.78, 5) is 26.3. The Hall–Kier alpha value is -3.48. The third-order valence-corrected chi connectivity index (χ3v) is 5.65. The maximum absolute atomic E-state index is 14.2. The second-order valence-corrected chi connectivity index (χ2v) is 7.59. The summed E-state index contributed by atoms with van der Waals surface area (Å²) in [6.07, 6.45) is 1.83. The molecule has 1 aliphatic heterocycles. The first-order chi connectivity index (χ1) is 14.9. The van der Waals surface area contributed by atoms with Gasteiger partial charge in [0.2, 0.25) is 0 Å². The topological polar surface area (TPSA) is 67.4 Å². The van der Waals surface area contributed by atoms with Crippen LogP contribution in [0.5, 0.6) is 5.75 Å². The molecule has 0 saturated carbocycles. The largest absolute Gasteiger partial charge is 0.496 e. The van der Waals surface area contributed by atoms with Crippen LogP contribution in [-0.4, -0.2) is 18.8 Å². The summed E-state index contributed by atoms with van der Waals surface area (Å²) in [5.41, 5.74) is 2.74. The molecule has 5 nitrogen and oxygen atoms in total. The summed E-state index contributed by atoms with van der Waals surface area (Å²) in [6.45, 7) is 1.75. The highest BCUT2D eigenvalue weighted by Gasteiger charge is 2.39. The standard InChI is InChI=1S/C24H22F2N2O3/c1-13-21(24(30)28-17-11-10-14(25)12-16(17)26)22(15-6-3-4-9-20(15)31-2)23-18(27-13)7-5-8-19(23)29/h3-4,6,9-12,22,27H,5,7-8H2,1-2H3,(H,28,30)/t22-/m1/s1. The predicted octanol–water partition coefficient (Wildman–Crippen LogP) is 4.58. The number of allylic oxidation sites excluding steroid dienone is 3. The van der Waals surface area contributed by atoms with Crippen molar-refractivity contribution in [2.24, 2.45) is 0 Å². The van der Waals surface area contributed by atoms with E-state index in [-0.39, 0.29) is 11.5 Å². The molecule has 1 heterocycles. The van der Waals surface area contributed by atoms with E-state index in [0.717, 1.165) is 18.2 Å². The molecule has 31 heavy (non-hydrogen) atoms. The molecule has 0 radical (unpaired) electrons.